The van der Waals surface area contributed by atoms with Gasteiger partial charge in [0, 0.05) is 12.6 Å². The van der Waals surface area contributed by atoms with E-state index in [9.17, 15) is 0 Å². The molecule has 2 heteroatoms. The Kier molecular flexibility index (Phi) is 3.91. The summed E-state index contributed by atoms with van der Waals surface area (Å²) in [6, 6.07) is 0.852. The maximum absolute atomic E-state index is 3.45. The van der Waals surface area contributed by atoms with E-state index in [2.05, 4.69) is 31.1 Å². The van der Waals surface area contributed by atoms with E-state index < -0.39 is 0 Å². The average molecular weight is 224 g/mol. The Morgan fingerprint density at radius 2 is 1.88 bits per heavy atom. The zero-order valence-corrected chi connectivity index (χ0v) is 11.3. The number of hydrogen-bond acceptors (Lipinski definition) is 2. The summed E-state index contributed by atoms with van der Waals surface area (Å²) in [4.78, 5) is 2.64. The first-order valence-corrected chi connectivity index (χ1v) is 6.98. The van der Waals surface area contributed by atoms with Crippen molar-refractivity contribution < 1.29 is 0 Å². The highest BCUT2D eigenvalue weighted by Gasteiger charge is 2.33. The Bertz CT molecular complexity index is 219. The van der Waals surface area contributed by atoms with Gasteiger partial charge >= 0.3 is 0 Å². The summed E-state index contributed by atoms with van der Waals surface area (Å²) in [6.45, 7) is 8.63. The standard InChI is InChI=1S/C14H28N2/c1-14(2)7-4-13(10-14)16(3)11-12-5-8-15-9-6-12/h12-13,15H,4-11H2,1-3H3. The largest absolute Gasteiger partial charge is 0.317 e. The molecule has 1 aliphatic heterocycles. The highest BCUT2D eigenvalue weighted by molar-refractivity contribution is 4.87. The van der Waals surface area contributed by atoms with Gasteiger partial charge in [0.15, 0.2) is 0 Å². The van der Waals surface area contributed by atoms with Crippen LogP contribution in [0.2, 0.25) is 0 Å². The smallest absolute Gasteiger partial charge is 0.00976 e. The molecule has 1 atom stereocenters. The van der Waals surface area contributed by atoms with E-state index in [1.165, 1.54) is 51.7 Å². The van der Waals surface area contributed by atoms with Crippen LogP contribution in [0, 0.1) is 11.3 Å². The topological polar surface area (TPSA) is 15.3 Å². The number of nitrogens with one attached hydrogen (secondary N) is 1. The van der Waals surface area contributed by atoms with Crippen LogP contribution in [-0.4, -0.2) is 37.6 Å². The van der Waals surface area contributed by atoms with Gasteiger partial charge < -0.3 is 10.2 Å². The molecule has 1 N–H and O–H groups in total. The van der Waals surface area contributed by atoms with Crippen LogP contribution in [0.3, 0.4) is 0 Å². The molecule has 2 rings (SSSR count). The van der Waals surface area contributed by atoms with Crippen molar-refractivity contribution in [2.24, 2.45) is 11.3 Å². The molecule has 1 aliphatic carbocycles. The summed E-state index contributed by atoms with van der Waals surface area (Å²) in [7, 11) is 2.34. The monoisotopic (exact) mass is 224 g/mol. The summed E-state index contributed by atoms with van der Waals surface area (Å²) in [5, 5.41) is 3.45. The van der Waals surface area contributed by atoms with Gasteiger partial charge in [0.1, 0.15) is 0 Å². The lowest BCUT2D eigenvalue weighted by molar-refractivity contribution is 0.178. The lowest BCUT2D eigenvalue weighted by Crippen LogP contribution is -2.38. The van der Waals surface area contributed by atoms with Crippen LogP contribution < -0.4 is 5.32 Å². The minimum absolute atomic E-state index is 0.590. The molecule has 1 unspecified atom stereocenters. The van der Waals surface area contributed by atoms with Crippen LogP contribution in [0.15, 0.2) is 0 Å². The third-order valence-electron chi connectivity index (χ3n) is 4.57. The fraction of sp³-hybridized carbons (Fsp3) is 1.00. The van der Waals surface area contributed by atoms with Gasteiger partial charge in [-0.15, -0.1) is 0 Å². The van der Waals surface area contributed by atoms with Crippen LogP contribution >= 0.6 is 0 Å². The molecular formula is C14H28N2. The Morgan fingerprint density at radius 1 is 1.19 bits per heavy atom. The maximum atomic E-state index is 3.45. The molecule has 0 bridgehead atoms. The molecule has 0 radical (unpaired) electrons. The summed E-state index contributed by atoms with van der Waals surface area (Å²) in [5.41, 5.74) is 0.590. The number of rotatable bonds is 3. The molecular weight excluding hydrogens is 196 g/mol. The lowest BCUT2D eigenvalue weighted by atomic mass is 9.91. The van der Waals surface area contributed by atoms with Crippen molar-refractivity contribution in [2.45, 2.75) is 52.0 Å². The van der Waals surface area contributed by atoms with Gasteiger partial charge in [-0.2, -0.15) is 0 Å². The van der Waals surface area contributed by atoms with E-state index in [-0.39, 0.29) is 0 Å². The van der Waals surface area contributed by atoms with E-state index in [0.717, 1.165) is 12.0 Å². The fourth-order valence-electron chi connectivity index (χ4n) is 3.40. The van der Waals surface area contributed by atoms with Gasteiger partial charge in [-0.3, -0.25) is 0 Å². The summed E-state index contributed by atoms with van der Waals surface area (Å²) in [5.74, 6) is 0.940. The predicted octanol–water partition coefficient (Wildman–Crippen LogP) is 2.50. The van der Waals surface area contributed by atoms with Gasteiger partial charge in [0.2, 0.25) is 0 Å². The number of nitrogens with zero attached hydrogens (tertiary/aromatic N) is 1. The lowest BCUT2D eigenvalue weighted by Gasteiger charge is -2.31. The van der Waals surface area contributed by atoms with E-state index in [4.69, 9.17) is 0 Å². The minimum Gasteiger partial charge on any atom is -0.317 e. The Morgan fingerprint density at radius 3 is 2.44 bits per heavy atom. The van der Waals surface area contributed by atoms with Crippen molar-refractivity contribution in [2.75, 3.05) is 26.7 Å². The van der Waals surface area contributed by atoms with Crippen LogP contribution in [-0.2, 0) is 0 Å². The molecule has 2 nitrogen and oxygen atoms in total. The van der Waals surface area contributed by atoms with Gasteiger partial charge in [0.25, 0.3) is 0 Å². The summed E-state index contributed by atoms with van der Waals surface area (Å²) < 4.78 is 0. The molecule has 0 amide bonds. The first kappa shape index (κ1) is 12.4. The van der Waals surface area contributed by atoms with Crippen LogP contribution in [0.5, 0.6) is 0 Å². The number of hydrogen-bond donors (Lipinski definition) is 1. The normalized spacial score (nSPS) is 31.1. The zero-order valence-electron chi connectivity index (χ0n) is 11.3. The third-order valence-corrected chi connectivity index (χ3v) is 4.57. The zero-order chi connectivity index (χ0) is 11.6. The van der Waals surface area contributed by atoms with E-state index in [0.29, 0.717) is 5.41 Å². The highest BCUT2D eigenvalue weighted by Crippen LogP contribution is 2.39. The molecule has 1 heterocycles. The molecule has 1 saturated carbocycles. The number of piperidine rings is 1. The molecule has 0 aromatic heterocycles. The predicted molar refractivity (Wildman–Crippen MR) is 69.6 cm³/mol. The van der Waals surface area contributed by atoms with Crippen LogP contribution in [0.25, 0.3) is 0 Å². The molecule has 0 aromatic rings. The molecule has 1 saturated heterocycles. The van der Waals surface area contributed by atoms with Crippen molar-refractivity contribution >= 4 is 0 Å². The fourth-order valence-corrected chi connectivity index (χ4v) is 3.40. The molecule has 16 heavy (non-hydrogen) atoms. The second-order valence-corrected chi connectivity index (χ2v) is 6.69. The average Bonchev–Trinajstić information content (AvgIpc) is 2.60. The van der Waals surface area contributed by atoms with Crippen molar-refractivity contribution in [3.05, 3.63) is 0 Å². The van der Waals surface area contributed by atoms with Crippen LogP contribution in [0.4, 0.5) is 0 Å². The van der Waals surface area contributed by atoms with Gasteiger partial charge in [-0.05, 0) is 63.6 Å². The minimum atomic E-state index is 0.590. The second kappa shape index (κ2) is 5.05. The molecule has 94 valence electrons. The third kappa shape index (κ3) is 3.21. The second-order valence-electron chi connectivity index (χ2n) is 6.69. The Hall–Kier alpha value is -0.0800. The van der Waals surface area contributed by atoms with Crippen molar-refractivity contribution in [3.8, 4) is 0 Å². The van der Waals surface area contributed by atoms with Gasteiger partial charge in [-0.1, -0.05) is 13.8 Å². The van der Waals surface area contributed by atoms with Crippen molar-refractivity contribution in [3.63, 3.8) is 0 Å². The molecule has 0 aromatic carbocycles. The Labute approximate surface area is 101 Å². The van der Waals surface area contributed by atoms with Crippen LogP contribution in [0.1, 0.15) is 46.0 Å². The molecule has 2 aliphatic rings. The SMILES string of the molecule is CN(CC1CCNCC1)C1CCC(C)(C)C1. The maximum Gasteiger partial charge on any atom is 0.00976 e. The summed E-state index contributed by atoms with van der Waals surface area (Å²) >= 11 is 0. The molecule has 2 fully saturated rings. The van der Waals surface area contributed by atoms with E-state index in [1.54, 1.807) is 0 Å². The van der Waals surface area contributed by atoms with Crippen molar-refractivity contribution in [1.29, 1.82) is 0 Å². The first-order valence-electron chi connectivity index (χ1n) is 6.98. The van der Waals surface area contributed by atoms with Gasteiger partial charge in [0.05, 0.1) is 0 Å². The highest BCUT2D eigenvalue weighted by atomic mass is 15.1. The quantitative estimate of drug-likeness (QED) is 0.792. The van der Waals surface area contributed by atoms with E-state index >= 15 is 0 Å². The summed E-state index contributed by atoms with van der Waals surface area (Å²) in [6.07, 6.45) is 6.97. The first-order chi connectivity index (χ1) is 7.57. The van der Waals surface area contributed by atoms with Gasteiger partial charge in [-0.25, -0.2) is 0 Å². The molecule has 0 spiro atoms. The van der Waals surface area contributed by atoms with E-state index in [1.807, 2.05) is 0 Å². The van der Waals surface area contributed by atoms with Crippen molar-refractivity contribution in [1.82, 2.24) is 10.2 Å². The Balaban J connectivity index is 1.77.